The zero-order valence-corrected chi connectivity index (χ0v) is 19.1. The van der Waals surface area contributed by atoms with Crippen molar-refractivity contribution in [2.75, 3.05) is 20.8 Å². The van der Waals surface area contributed by atoms with Crippen molar-refractivity contribution in [2.24, 2.45) is 0 Å². The molecule has 34 heavy (non-hydrogen) atoms. The molecule has 3 rings (SSSR count). The second-order valence-electron chi connectivity index (χ2n) is 7.49. The molecule has 1 aliphatic rings. The van der Waals surface area contributed by atoms with E-state index in [0.29, 0.717) is 5.57 Å². The van der Waals surface area contributed by atoms with Gasteiger partial charge in [-0.3, -0.25) is 0 Å². The van der Waals surface area contributed by atoms with Gasteiger partial charge in [0.2, 0.25) is 0 Å². The van der Waals surface area contributed by atoms with Gasteiger partial charge in [-0.2, -0.15) is 0 Å². The van der Waals surface area contributed by atoms with Crippen LogP contribution in [0.15, 0.2) is 84.1 Å². The topological polar surface area (TPSA) is 101 Å². The van der Waals surface area contributed by atoms with E-state index in [4.69, 9.17) is 23.7 Å². The second kappa shape index (κ2) is 12.7. The van der Waals surface area contributed by atoms with Crippen LogP contribution in [0.2, 0.25) is 0 Å². The van der Waals surface area contributed by atoms with Gasteiger partial charge in [0, 0.05) is 5.57 Å². The Morgan fingerprint density at radius 1 is 0.882 bits per heavy atom. The highest BCUT2D eigenvalue weighted by Crippen LogP contribution is 2.28. The van der Waals surface area contributed by atoms with Crippen molar-refractivity contribution >= 4 is 11.9 Å². The summed E-state index contributed by atoms with van der Waals surface area (Å²) in [5.74, 6) is -1.72. The van der Waals surface area contributed by atoms with E-state index < -0.39 is 30.3 Å². The van der Waals surface area contributed by atoms with E-state index in [1.54, 1.807) is 0 Å². The third-order valence-electron chi connectivity index (χ3n) is 5.23. The predicted octanol–water partition coefficient (Wildman–Crippen LogP) is 2.70. The molecule has 0 aromatic heterocycles. The van der Waals surface area contributed by atoms with Crippen LogP contribution in [0.5, 0.6) is 0 Å². The Hall–Kier alpha value is -3.46. The number of esters is 2. The SMILES string of the molecule is COC(=O)C(=CC1=CO[C@@H](CO)[C@H](OCc2ccccc2)[C@@H]1OCc1ccccc1)C(=O)OC. The standard InChI is InChI=1S/C26H28O8/c1-30-25(28)21(26(29)31-2)13-20-17-32-22(14-27)24(34-16-19-11-7-4-8-12-19)23(20)33-15-18-9-5-3-6-10-18/h3-13,17,22-24,27H,14-16H2,1-2H3/t22-,23+,24-/m0/s1. The van der Waals surface area contributed by atoms with Crippen molar-refractivity contribution in [3.63, 3.8) is 0 Å². The number of hydrogen-bond donors (Lipinski definition) is 1. The number of hydrogen-bond acceptors (Lipinski definition) is 8. The summed E-state index contributed by atoms with van der Waals surface area (Å²) in [7, 11) is 2.34. The number of carbonyl (C=O) groups is 2. The van der Waals surface area contributed by atoms with E-state index in [0.717, 1.165) is 11.1 Å². The number of benzene rings is 2. The highest BCUT2D eigenvalue weighted by atomic mass is 16.6. The molecule has 3 atom stereocenters. The lowest BCUT2D eigenvalue weighted by molar-refractivity contribution is -0.145. The Morgan fingerprint density at radius 3 is 1.91 bits per heavy atom. The molecule has 0 bridgehead atoms. The summed E-state index contributed by atoms with van der Waals surface area (Å²) in [5.41, 5.74) is 1.89. The molecule has 1 heterocycles. The lowest BCUT2D eigenvalue weighted by Gasteiger charge is -2.36. The molecule has 8 nitrogen and oxygen atoms in total. The summed E-state index contributed by atoms with van der Waals surface area (Å²) in [6.45, 7) is 0.152. The molecule has 0 spiro atoms. The minimum Gasteiger partial charge on any atom is -0.492 e. The molecule has 0 fully saturated rings. The fourth-order valence-electron chi connectivity index (χ4n) is 3.46. The zero-order chi connectivity index (χ0) is 24.3. The van der Waals surface area contributed by atoms with Gasteiger partial charge in [0.25, 0.3) is 0 Å². The van der Waals surface area contributed by atoms with Crippen LogP contribution < -0.4 is 0 Å². The molecule has 0 aliphatic carbocycles. The van der Waals surface area contributed by atoms with E-state index >= 15 is 0 Å². The molecule has 0 saturated heterocycles. The summed E-state index contributed by atoms with van der Waals surface area (Å²) in [4.78, 5) is 24.4. The third kappa shape index (κ3) is 6.54. The molecule has 1 N–H and O–H groups in total. The molecule has 8 heteroatoms. The first-order valence-electron chi connectivity index (χ1n) is 10.7. The first-order chi connectivity index (χ1) is 16.6. The summed E-state index contributed by atoms with van der Waals surface area (Å²) in [6.07, 6.45) is 0.437. The first kappa shape index (κ1) is 25.2. The predicted molar refractivity (Wildman–Crippen MR) is 122 cm³/mol. The van der Waals surface area contributed by atoms with E-state index in [2.05, 4.69) is 0 Å². The lowest BCUT2D eigenvalue weighted by Crippen LogP contribution is -2.47. The van der Waals surface area contributed by atoms with Gasteiger partial charge in [-0.05, 0) is 17.2 Å². The largest absolute Gasteiger partial charge is 0.492 e. The van der Waals surface area contributed by atoms with Crippen LogP contribution >= 0.6 is 0 Å². The molecule has 1 aliphatic heterocycles. The summed E-state index contributed by atoms with van der Waals surface area (Å²) < 4.78 is 27.5. The van der Waals surface area contributed by atoms with E-state index in [9.17, 15) is 14.7 Å². The number of methoxy groups -OCH3 is 2. The Labute approximate surface area is 198 Å². The van der Waals surface area contributed by atoms with Crippen LogP contribution in [0.4, 0.5) is 0 Å². The van der Waals surface area contributed by atoms with Crippen LogP contribution in [0, 0.1) is 0 Å². The molecule has 0 amide bonds. The average molecular weight is 469 g/mol. The summed E-state index contributed by atoms with van der Waals surface area (Å²) >= 11 is 0. The molecule has 0 unspecified atom stereocenters. The molecule has 0 saturated carbocycles. The maximum absolute atomic E-state index is 12.2. The highest BCUT2D eigenvalue weighted by molar-refractivity contribution is 6.14. The molecular weight excluding hydrogens is 440 g/mol. The van der Waals surface area contributed by atoms with Gasteiger partial charge in [0.1, 0.15) is 23.9 Å². The van der Waals surface area contributed by atoms with Crippen LogP contribution in [0.3, 0.4) is 0 Å². The van der Waals surface area contributed by atoms with Gasteiger partial charge < -0.3 is 28.8 Å². The van der Waals surface area contributed by atoms with E-state index in [1.165, 1.54) is 26.6 Å². The van der Waals surface area contributed by atoms with Crippen LogP contribution in [0.25, 0.3) is 0 Å². The third-order valence-corrected chi connectivity index (χ3v) is 5.23. The molecular formula is C26H28O8. The minimum atomic E-state index is -0.861. The zero-order valence-electron chi connectivity index (χ0n) is 19.1. The number of aliphatic hydroxyl groups is 1. The Bertz CT molecular complexity index is 982. The van der Waals surface area contributed by atoms with Gasteiger partial charge in [0.05, 0.1) is 40.3 Å². The Morgan fingerprint density at radius 2 is 1.41 bits per heavy atom. The number of aliphatic hydroxyl groups excluding tert-OH is 1. The molecule has 2 aromatic rings. The first-order valence-corrected chi connectivity index (χ1v) is 10.7. The van der Waals surface area contributed by atoms with Crippen LogP contribution in [0.1, 0.15) is 11.1 Å². The lowest BCUT2D eigenvalue weighted by atomic mass is 9.96. The van der Waals surface area contributed by atoms with Crippen molar-refractivity contribution in [1.29, 1.82) is 0 Å². The molecule has 2 aromatic carbocycles. The molecule has 180 valence electrons. The van der Waals surface area contributed by atoms with Crippen LogP contribution in [-0.4, -0.2) is 56.2 Å². The quantitative estimate of drug-likeness (QED) is 0.246. The van der Waals surface area contributed by atoms with E-state index in [-0.39, 0.29) is 25.4 Å². The maximum atomic E-state index is 12.2. The second-order valence-corrected chi connectivity index (χ2v) is 7.49. The summed E-state index contributed by atoms with van der Waals surface area (Å²) in [5, 5.41) is 9.93. The number of carbonyl (C=O) groups excluding carboxylic acids is 2. The van der Waals surface area contributed by atoms with Gasteiger partial charge >= 0.3 is 11.9 Å². The van der Waals surface area contributed by atoms with Gasteiger partial charge in [0.15, 0.2) is 0 Å². The van der Waals surface area contributed by atoms with Crippen molar-refractivity contribution in [3.05, 3.63) is 95.3 Å². The van der Waals surface area contributed by atoms with Gasteiger partial charge in [-0.25, -0.2) is 9.59 Å². The normalized spacial score (nSPS) is 19.4. The Balaban J connectivity index is 1.93. The fourth-order valence-corrected chi connectivity index (χ4v) is 3.46. The summed E-state index contributed by atoms with van der Waals surface area (Å²) in [6, 6.07) is 19.1. The fraction of sp³-hybridized carbons (Fsp3) is 0.308. The minimum absolute atomic E-state index is 0.228. The number of ether oxygens (including phenoxy) is 5. The Kier molecular flexibility index (Phi) is 9.40. The van der Waals surface area contributed by atoms with Gasteiger partial charge in [-0.1, -0.05) is 60.7 Å². The van der Waals surface area contributed by atoms with Crippen molar-refractivity contribution in [1.82, 2.24) is 0 Å². The number of rotatable bonds is 10. The highest BCUT2D eigenvalue weighted by Gasteiger charge is 2.38. The van der Waals surface area contributed by atoms with E-state index in [1.807, 2.05) is 60.7 Å². The smallest absolute Gasteiger partial charge is 0.345 e. The maximum Gasteiger partial charge on any atom is 0.345 e. The van der Waals surface area contributed by atoms with Gasteiger partial charge in [-0.15, -0.1) is 0 Å². The van der Waals surface area contributed by atoms with Crippen molar-refractivity contribution < 1.29 is 38.4 Å². The monoisotopic (exact) mass is 468 g/mol. The van der Waals surface area contributed by atoms with Crippen LogP contribution in [-0.2, 0) is 46.5 Å². The van der Waals surface area contributed by atoms with Crippen molar-refractivity contribution in [2.45, 2.75) is 31.5 Å². The molecule has 0 radical (unpaired) electrons. The average Bonchev–Trinajstić information content (AvgIpc) is 2.89. The van der Waals surface area contributed by atoms with Crippen molar-refractivity contribution in [3.8, 4) is 0 Å².